The molecule has 0 aliphatic rings. The summed E-state index contributed by atoms with van der Waals surface area (Å²) in [6.45, 7) is 1.91. The van der Waals surface area contributed by atoms with Crippen molar-refractivity contribution < 1.29 is 5.21 Å². The van der Waals surface area contributed by atoms with Crippen LogP contribution in [0.25, 0.3) is 11.1 Å². The summed E-state index contributed by atoms with van der Waals surface area (Å²) in [6.07, 6.45) is 0.603. The predicted molar refractivity (Wildman–Crippen MR) is 80.1 cm³/mol. The van der Waals surface area contributed by atoms with Crippen molar-refractivity contribution in [1.29, 1.82) is 0 Å². The number of nitrogens with two attached hydrogens (primary N) is 2. The molecular weight excluding hydrogens is 282 g/mol. The van der Waals surface area contributed by atoms with Gasteiger partial charge in [0.1, 0.15) is 11.5 Å². The highest BCUT2D eigenvalue weighted by atomic mass is 35.5. The molecule has 0 fully saturated rings. The number of rotatable bonds is 3. The summed E-state index contributed by atoms with van der Waals surface area (Å²) >= 11 is 5.87. The zero-order valence-electron chi connectivity index (χ0n) is 10.7. The second-order valence-corrected chi connectivity index (χ2v) is 4.51. The van der Waals surface area contributed by atoms with E-state index in [1.54, 1.807) is 6.07 Å². The second-order valence-electron chi connectivity index (χ2n) is 4.10. The van der Waals surface area contributed by atoms with Crippen LogP contribution in [0.5, 0.6) is 0 Å². The molecule has 0 saturated carbocycles. The van der Waals surface area contributed by atoms with E-state index in [2.05, 4.69) is 9.97 Å². The van der Waals surface area contributed by atoms with E-state index in [4.69, 9.17) is 28.3 Å². The Hall–Kier alpha value is -2.09. The van der Waals surface area contributed by atoms with Crippen LogP contribution in [0, 0.1) is 5.21 Å². The van der Waals surface area contributed by atoms with Gasteiger partial charge in [0, 0.05) is 5.56 Å². The zero-order chi connectivity index (χ0) is 14.9. The van der Waals surface area contributed by atoms with Gasteiger partial charge in [-0.1, -0.05) is 24.6 Å². The third-order valence-corrected chi connectivity index (χ3v) is 3.14. The molecule has 2 rings (SSSR count). The SMILES string of the molecule is CCc1nc(N)nc(N)c1-c1ccc(Cl)c(N([O-])[OH2+])c1. The molecule has 2 aromatic rings. The molecule has 106 valence electrons. The van der Waals surface area contributed by atoms with E-state index >= 15 is 0 Å². The Morgan fingerprint density at radius 3 is 2.65 bits per heavy atom. The van der Waals surface area contributed by atoms with Crippen LogP contribution in [0.15, 0.2) is 18.2 Å². The minimum Gasteiger partial charge on any atom is -0.694 e. The molecule has 6 N–H and O–H groups in total. The van der Waals surface area contributed by atoms with E-state index in [0.29, 0.717) is 23.2 Å². The molecule has 0 aliphatic carbocycles. The molecule has 1 aromatic heterocycles. The lowest BCUT2D eigenvalue weighted by Crippen LogP contribution is -2.09. The highest BCUT2D eigenvalue weighted by Gasteiger charge is 2.14. The summed E-state index contributed by atoms with van der Waals surface area (Å²) < 4.78 is 0. The summed E-state index contributed by atoms with van der Waals surface area (Å²) in [4.78, 5) is 8.07. The Bertz CT molecular complexity index is 648. The Kier molecular flexibility index (Phi) is 3.93. The van der Waals surface area contributed by atoms with E-state index in [0.717, 1.165) is 0 Å². The average Bonchev–Trinajstić information content (AvgIpc) is 2.38. The van der Waals surface area contributed by atoms with Gasteiger partial charge in [0.05, 0.1) is 10.7 Å². The van der Waals surface area contributed by atoms with Crippen LogP contribution in [-0.4, -0.2) is 15.2 Å². The standard InChI is InChI=1S/C12H13ClN5O2/c1-2-8-10(11(14)17-12(15)16-8)6-3-4-7(13)9(5-6)18(19)20/h3-5,19H,2H2,1H3,(H4,14,15,16,17)/q-1/p+1. The molecule has 0 unspecified atom stereocenters. The number of aromatic nitrogens is 2. The van der Waals surface area contributed by atoms with Crippen molar-refractivity contribution in [2.24, 2.45) is 0 Å². The van der Waals surface area contributed by atoms with Crippen molar-refractivity contribution in [3.8, 4) is 11.1 Å². The third kappa shape index (κ3) is 2.60. The van der Waals surface area contributed by atoms with Gasteiger partial charge in [-0.3, -0.25) is 0 Å². The molecule has 7 nitrogen and oxygen atoms in total. The van der Waals surface area contributed by atoms with Crippen molar-refractivity contribution in [2.45, 2.75) is 13.3 Å². The Morgan fingerprint density at radius 2 is 2.05 bits per heavy atom. The highest BCUT2D eigenvalue weighted by Crippen LogP contribution is 2.34. The van der Waals surface area contributed by atoms with Crippen LogP contribution in [0.1, 0.15) is 12.6 Å². The highest BCUT2D eigenvalue weighted by molar-refractivity contribution is 6.33. The summed E-state index contributed by atoms with van der Waals surface area (Å²) in [6, 6.07) is 4.70. The van der Waals surface area contributed by atoms with Gasteiger partial charge in [-0.2, -0.15) is 10.2 Å². The van der Waals surface area contributed by atoms with Crippen LogP contribution in [0.2, 0.25) is 5.02 Å². The molecule has 0 aliphatic heterocycles. The summed E-state index contributed by atoms with van der Waals surface area (Å²) in [5, 5.41) is 18.4. The van der Waals surface area contributed by atoms with Gasteiger partial charge < -0.3 is 21.9 Å². The predicted octanol–water partition coefficient (Wildman–Crippen LogP) is 1.47. The number of aryl methyl sites for hydroxylation is 1. The first kappa shape index (κ1) is 14.3. The maximum atomic E-state index is 11.2. The van der Waals surface area contributed by atoms with Crippen molar-refractivity contribution in [3.63, 3.8) is 0 Å². The lowest BCUT2D eigenvalue weighted by molar-refractivity contribution is 0.296. The molecule has 1 heterocycles. The maximum absolute atomic E-state index is 11.2. The van der Waals surface area contributed by atoms with Crippen molar-refractivity contribution in [1.82, 2.24) is 9.97 Å². The molecule has 1 aromatic carbocycles. The van der Waals surface area contributed by atoms with Gasteiger partial charge in [-0.05, 0) is 24.1 Å². The van der Waals surface area contributed by atoms with Crippen LogP contribution >= 0.6 is 11.6 Å². The molecular formula is C12H14ClN5O2. The largest absolute Gasteiger partial charge is 0.694 e. The van der Waals surface area contributed by atoms with Crippen molar-refractivity contribution >= 4 is 29.1 Å². The first-order valence-corrected chi connectivity index (χ1v) is 6.22. The molecule has 0 radical (unpaired) electrons. The fourth-order valence-electron chi connectivity index (χ4n) is 1.94. The second kappa shape index (κ2) is 5.49. The van der Waals surface area contributed by atoms with Crippen LogP contribution < -0.4 is 16.7 Å². The van der Waals surface area contributed by atoms with Crippen LogP contribution in [-0.2, 0) is 6.42 Å². The van der Waals surface area contributed by atoms with E-state index in [-0.39, 0.29) is 27.7 Å². The quantitative estimate of drug-likeness (QED) is 0.652. The maximum Gasteiger partial charge on any atom is 0.222 e. The third-order valence-electron chi connectivity index (χ3n) is 2.82. The Labute approximate surface area is 120 Å². The molecule has 0 spiro atoms. The molecule has 0 amide bonds. The first-order chi connectivity index (χ1) is 9.43. The van der Waals surface area contributed by atoms with Gasteiger partial charge in [-0.25, -0.2) is 4.98 Å². The first-order valence-electron chi connectivity index (χ1n) is 5.84. The van der Waals surface area contributed by atoms with Crippen LogP contribution in [0.4, 0.5) is 17.5 Å². The number of hydrogen-bond acceptors (Lipinski definition) is 6. The van der Waals surface area contributed by atoms with Gasteiger partial charge in [0.2, 0.25) is 5.95 Å². The van der Waals surface area contributed by atoms with Gasteiger partial charge in [0.25, 0.3) is 0 Å². The minimum absolute atomic E-state index is 0.0300. The normalized spacial score (nSPS) is 10.6. The van der Waals surface area contributed by atoms with Crippen LogP contribution in [0.3, 0.4) is 0 Å². The zero-order valence-corrected chi connectivity index (χ0v) is 11.5. The van der Waals surface area contributed by atoms with Gasteiger partial charge in [-0.15, -0.1) is 0 Å². The van der Waals surface area contributed by atoms with E-state index in [1.165, 1.54) is 12.1 Å². The topological polar surface area (TPSA) is 127 Å². The van der Waals surface area contributed by atoms with Crippen molar-refractivity contribution in [2.75, 3.05) is 16.7 Å². The van der Waals surface area contributed by atoms with E-state index in [1.807, 2.05) is 6.92 Å². The summed E-state index contributed by atoms with van der Waals surface area (Å²) in [5.74, 6) is 0.327. The summed E-state index contributed by atoms with van der Waals surface area (Å²) in [5.41, 5.74) is 13.4. The molecule has 0 saturated heterocycles. The van der Waals surface area contributed by atoms with Gasteiger partial charge in [0.15, 0.2) is 0 Å². The number of benzene rings is 1. The monoisotopic (exact) mass is 295 g/mol. The Balaban J connectivity index is 2.65. The van der Waals surface area contributed by atoms with E-state index < -0.39 is 0 Å². The lowest BCUT2D eigenvalue weighted by Gasteiger charge is -2.19. The molecule has 8 heteroatoms. The molecule has 0 bridgehead atoms. The van der Waals surface area contributed by atoms with Crippen molar-refractivity contribution in [3.05, 3.63) is 34.1 Å². The number of nitrogen functional groups attached to an aromatic ring is 2. The summed E-state index contributed by atoms with van der Waals surface area (Å²) in [7, 11) is 0. The lowest BCUT2D eigenvalue weighted by atomic mass is 10.0. The number of nitrogens with zero attached hydrogens (tertiary/aromatic N) is 3. The smallest absolute Gasteiger partial charge is 0.222 e. The van der Waals surface area contributed by atoms with E-state index in [9.17, 15) is 5.21 Å². The number of anilines is 3. The average molecular weight is 296 g/mol. The fraction of sp³-hybridized carbons (Fsp3) is 0.167. The fourth-order valence-corrected chi connectivity index (χ4v) is 2.13. The number of halogens is 1. The Morgan fingerprint density at radius 1 is 1.35 bits per heavy atom. The number of hydrogen-bond donors (Lipinski definition) is 2. The minimum atomic E-state index is -0.0498. The molecule has 20 heavy (non-hydrogen) atoms. The van der Waals surface area contributed by atoms with Gasteiger partial charge >= 0.3 is 0 Å². The molecule has 0 atom stereocenters.